The van der Waals surface area contributed by atoms with Crippen molar-refractivity contribution in [1.82, 2.24) is 4.90 Å². The normalized spacial score (nSPS) is 34.2. The van der Waals surface area contributed by atoms with Crippen molar-refractivity contribution in [1.29, 1.82) is 0 Å². The van der Waals surface area contributed by atoms with Crippen LogP contribution in [0, 0.1) is 16.7 Å². The summed E-state index contributed by atoms with van der Waals surface area (Å²) in [6, 6.07) is 5.76. The molecular formula is C30H46N2O4S. The number of fused-ring (bicyclic) bond motifs is 5. The van der Waals surface area contributed by atoms with Gasteiger partial charge in [-0.25, -0.2) is 0 Å². The Morgan fingerprint density at radius 3 is 2.68 bits per heavy atom. The summed E-state index contributed by atoms with van der Waals surface area (Å²) in [6.45, 7) is 6.13. The van der Waals surface area contributed by atoms with E-state index in [2.05, 4.69) is 34.8 Å². The van der Waals surface area contributed by atoms with Crippen molar-refractivity contribution in [2.45, 2.75) is 102 Å². The van der Waals surface area contributed by atoms with E-state index in [0.29, 0.717) is 17.5 Å². The first-order valence-electron chi connectivity index (χ1n) is 14.7. The number of hydrogen-bond acceptors (Lipinski definition) is 4. The zero-order valence-corrected chi connectivity index (χ0v) is 23.3. The third kappa shape index (κ3) is 5.66. The fourth-order valence-corrected chi connectivity index (χ4v) is 8.93. The van der Waals surface area contributed by atoms with Gasteiger partial charge in [0, 0.05) is 0 Å². The molecule has 7 heteroatoms. The highest BCUT2D eigenvalue weighted by Crippen LogP contribution is 2.67. The van der Waals surface area contributed by atoms with Crippen LogP contribution in [0.2, 0.25) is 0 Å². The molecule has 0 amide bonds. The lowest BCUT2D eigenvalue weighted by atomic mass is 9.47. The van der Waals surface area contributed by atoms with Crippen molar-refractivity contribution < 1.29 is 18.1 Å². The first kappa shape index (κ1) is 27.2. The molecule has 1 aliphatic heterocycles. The maximum atomic E-state index is 11.3. The summed E-state index contributed by atoms with van der Waals surface area (Å²) >= 11 is 0. The number of aryl methyl sites for hydroxylation is 1. The Hall–Kier alpha value is -1.41. The number of hydrogen-bond donors (Lipinski definition) is 3. The summed E-state index contributed by atoms with van der Waals surface area (Å²) in [5.41, 5.74) is 2.94. The van der Waals surface area contributed by atoms with Gasteiger partial charge in [0.1, 0.15) is 0 Å². The van der Waals surface area contributed by atoms with Gasteiger partial charge in [-0.15, -0.1) is 0 Å². The molecule has 2 saturated carbocycles. The molecule has 1 aromatic carbocycles. The zero-order valence-electron chi connectivity index (χ0n) is 22.5. The molecule has 6 nitrogen and oxygen atoms in total. The topological polar surface area (TPSA) is 89.9 Å². The van der Waals surface area contributed by atoms with Gasteiger partial charge in [-0.3, -0.25) is 9.27 Å². The fourth-order valence-electron chi connectivity index (χ4n) is 8.50. The maximum absolute atomic E-state index is 11.3. The molecular weight excluding hydrogens is 484 g/mol. The first-order chi connectivity index (χ1) is 17.7. The monoisotopic (exact) mass is 530 g/mol. The average Bonchev–Trinajstić information content (AvgIpc) is 3.18. The number of benzene rings is 1. The molecule has 1 aromatic rings. The van der Waals surface area contributed by atoms with Crippen LogP contribution < -0.4 is 4.72 Å². The van der Waals surface area contributed by atoms with E-state index in [1.54, 1.807) is 6.07 Å². The second-order valence-electron chi connectivity index (χ2n) is 12.5. The van der Waals surface area contributed by atoms with Crippen LogP contribution in [-0.4, -0.2) is 48.7 Å². The van der Waals surface area contributed by atoms with Crippen LogP contribution in [-0.2, 0) is 16.7 Å². The Balaban J connectivity index is 1.30. The Morgan fingerprint density at radius 1 is 1.08 bits per heavy atom. The lowest BCUT2D eigenvalue weighted by molar-refractivity contribution is -0.0530. The number of likely N-dealkylation sites (tertiary alicyclic amines) is 1. The minimum absolute atomic E-state index is 0.0285. The summed E-state index contributed by atoms with van der Waals surface area (Å²) in [5, 5.41) is 11.0. The van der Waals surface area contributed by atoms with Crippen molar-refractivity contribution in [3.05, 3.63) is 41.5 Å². The van der Waals surface area contributed by atoms with E-state index < -0.39 is 10.3 Å². The number of nitrogens with zero attached hydrogens (tertiary/aromatic N) is 1. The minimum atomic E-state index is -4.29. The van der Waals surface area contributed by atoms with E-state index in [4.69, 9.17) is 0 Å². The quantitative estimate of drug-likeness (QED) is 0.204. The second-order valence-corrected chi connectivity index (χ2v) is 13.7. The van der Waals surface area contributed by atoms with E-state index in [1.807, 2.05) is 6.07 Å². The molecule has 0 bridgehead atoms. The van der Waals surface area contributed by atoms with Crippen molar-refractivity contribution in [2.75, 3.05) is 24.4 Å². The lowest BCUT2D eigenvalue weighted by Gasteiger charge is -2.57. The van der Waals surface area contributed by atoms with E-state index in [9.17, 15) is 18.1 Å². The highest BCUT2D eigenvalue weighted by atomic mass is 32.2. The molecule has 0 spiro atoms. The predicted octanol–water partition coefficient (Wildman–Crippen LogP) is 6.09. The zero-order chi connectivity index (χ0) is 26.1. The molecule has 1 heterocycles. The Morgan fingerprint density at radius 2 is 1.89 bits per heavy atom. The average molecular weight is 531 g/mol. The summed E-state index contributed by atoms with van der Waals surface area (Å²) in [5.74, 6) is 0.850. The number of rotatable bonds is 9. The Bertz CT molecular complexity index is 1080. The van der Waals surface area contributed by atoms with E-state index in [0.717, 1.165) is 44.9 Å². The molecule has 4 aliphatic rings. The highest BCUT2D eigenvalue weighted by molar-refractivity contribution is 7.87. The molecule has 3 unspecified atom stereocenters. The predicted molar refractivity (Wildman–Crippen MR) is 149 cm³/mol. The number of nitrogens with one attached hydrogen (secondary N) is 1. The van der Waals surface area contributed by atoms with E-state index >= 15 is 0 Å². The molecule has 3 aliphatic carbocycles. The molecule has 5 atom stereocenters. The van der Waals surface area contributed by atoms with Crippen LogP contribution in [0.4, 0.5) is 5.69 Å². The molecule has 3 N–H and O–H groups in total. The lowest BCUT2D eigenvalue weighted by Crippen LogP contribution is -2.50. The van der Waals surface area contributed by atoms with Crippen molar-refractivity contribution in [3.8, 4) is 0 Å². The largest absolute Gasteiger partial charge is 0.393 e. The Kier molecular flexibility index (Phi) is 8.07. The number of aliphatic hydroxyl groups is 1. The van der Waals surface area contributed by atoms with Gasteiger partial charge >= 0.3 is 10.3 Å². The van der Waals surface area contributed by atoms with Crippen LogP contribution in [0.15, 0.2) is 30.4 Å². The summed E-state index contributed by atoms with van der Waals surface area (Å²) in [7, 11) is -4.29. The number of unbranched alkanes of at least 4 members (excludes halogenated alkanes) is 3. The molecule has 0 radical (unpaired) electrons. The number of aliphatic hydroxyl groups excluding tert-OH is 1. The highest BCUT2D eigenvalue weighted by Gasteiger charge is 2.60. The van der Waals surface area contributed by atoms with Crippen molar-refractivity contribution in [2.24, 2.45) is 16.7 Å². The van der Waals surface area contributed by atoms with Crippen LogP contribution in [0.5, 0.6) is 0 Å². The summed E-state index contributed by atoms with van der Waals surface area (Å²) < 4.78 is 34.1. The Labute approximate surface area is 223 Å². The van der Waals surface area contributed by atoms with Gasteiger partial charge < -0.3 is 10.0 Å². The minimum Gasteiger partial charge on any atom is -0.393 e. The molecule has 3 fully saturated rings. The third-order valence-electron chi connectivity index (χ3n) is 10.4. The third-order valence-corrected chi connectivity index (χ3v) is 10.9. The smallest absolute Gasteiger partial charge is 0.357 e. The van der Waals surface area contributed by atoms with Crippen LogP contribution in [0.1, 0.15) is 101 Å². The second kappa shape index (κ2) is 11.0. The van der Waals surface area contributed by atoms with Gasteiger partial charge in [0.05, 0.1) is 11.8 Å². The maximum Gasteiger partial charge on any atom is 0.357 e. The van der Waals surface area contributed by atoms with Gasteiger partial charge in [0.15, 0.2) is 0 Å². The van der Waals surface area contributed by atoms with Gasteiger partial charge in [-0.1, -0.05) is 38.0 Å². The number of anilines is 1. The number of piperidine rings is 1. The van der Waals surface area contributed by atoms with Gasteiger partial charge in [0.25, 0.3) is 0 Å². The first-order valence-corrected chi connectivity index (χ1v) is 16.1. The molecule has 5 rings (SSSR count). The summed E-state index contributed by atoms with van der Waals surface area (Å²) in [6.07, 6.45) is 19.8. The van der Waals surface area contributed by atoms with E-state index in [-0.39, 0.29) is 16.9 Å². The van der Waals surface area contributed by atoms with Gasteiger partial charge in [0.2, 0.25) is 0 Å². The fraction of sp³-hybridized carbons (Fsp3) is 0.733. The molecule has 1 saturated heterocycles. The standard InChI is InChI=1S/C30H46N2O4S/c1-29-17-15-26-25-11-10-24(31-37(34,35)36)22-23(25)14-18-30(26,27(29)12-13-28(29)33)16-6-3-2-4-7-19-32-20-8-5-9-21-32/h6,10-11,16,22,26-28,31,33H,2-5,7-9,12-15,17-21H2,1H3,(H,34,35,36)/t26?,27?,28-,29-,30?/m0/s1. The van der Waals surface area contributed by atoms with Gasteiger partial charge in [-0.2, -0.15) is 8.42 Å². The van der Waals surface area contributed by atoms with Crippen LogP contribution in [0.25, 0.3) is 0 Å². The van der Waals surface area contributed by atoms with Crippen molar-refractivity contribution in [3.63, 3.8) is 0 Å². The van der Waals surface area contributed by atoms with E-state index in [1.165, 1.54) is 69.3 Å². The summed E-state index contributed by atoms with van der Waals surface area (Å²) in [4.78, 5) is 2.63. The number of allylic oxidation sites excluding steroid dienone is 2. The van der Waals surface area contributed by atoms with Gasteiger partial charge in [-0.05, 0) is 136 Å². The molecule has 37 heavy (non-hydrogen) atoms. The van der Waals surface area contributed by atoms with Crippen molar-refractivity contribution >= 4 is 16.0 Å². The van der Waals surface area contributed by atoms with Crippen LogP contribution in [0.3, 0.4) is 0 Å². The molecule has 0 aromatic heterocycles. The van der Waals surface area contributed by atoms with Crippen LogP contribution >= 0.6 is 0 Å². The molecule has 206 valence electrons. The SMILES string of the molecule is C[C@]12CCC3c4ccc(NS(=O)(=O)O)cc4CCC3(C=CCCCCCN3CCCCC3)C1CC[C@@H]2O.